The van der Waals surface area contributed by atoms with Crippen LogP contribution in [0.4, 0.5) is 0 Å². The zero-order valence-corrected chi connectivity index (χ0v) is 13.0. The van der Waals surface area contributed by atoms with E-state index in [0.717, 1.165) is 56.9 Å². The lowest BCUT2D eigenvalue weighted by Crippen LogP contribution is -2.44. The first-order valence-corrected chi connectivity index (χ1v) is 7.54. The molecule has 6 heteroatoms. The van der Waals surface area contributed by atoms with Crippen LogP contribution in [0.15, 0.2) is 18.2 Å². The van der Waals surface area contributed by atoms with Crippen LogP contribution in [0.2, 0.25) is 0 Å². The van der Waals surface area contributed by atoms with Crippen molar-refractivity contribution in [1.29, 1.82) is 0 Å². The number of ether oxygens (including phenoxy) is 1. The zero-order valence-electron chi connectivity index (χ0n) is 13.0. The van der Waals surface area contributed by atoms with Gasteiger partial charge >= 0.3 is 7.12 Å². The maximum absolute atomic E-state index is 9.44. The van der Waals surface area contributed by atoms with E-state index in [0.29, 0.717) is 5.46 Å². The summed E-state index contributed by atoms with van der Waals surface area (Å²) in [5, 5.41) is 18.9. The Morgan fingerprint density at radius 1 is 1.19 bits per heavy atom. The van der Waals surface area contributed by atoms with Crippen LogP contribution in [0.25, 0.3) is 0 Å². The third kappa shape index (κ3) is 4.71. The lowest BCUT2D eigenvalue weighted by molar-refractivity contribution is 0.153. The van der Waals surface area contributed by atoms with Crippen LogP contribution >= 0.6 is 0 Å². The van der Waals surface area contributed by atoms with Gasteiger partial charge in [-0.15, -0.1) is 0 Å². The molecule has 2 N–H and O–H groups in total. The van der Waals surface area contributed by atoms with Crippen LogP contribution in [-0.2, 0) is 6.42 Å². The van der Waals surface area contributed by atoms with E-state index in [9.17, 15) is 10.0 Å². The number of likely N-dealkylation sites (N-methyl/N-ethyl adjacent to an activating group) is 1. The molecule has 0 amide bonds. The third-order valence-corrected chi connectivity index (χ3v) is 4.14. The van der Waals surface area contributed by atoms with Crippen molar-refractivity contribution < 1.29 is 14.8 Å². The van der Waals surface area contributed by atoms with Crippen molar-refractivity contribution in [2.45, 2.75) is 12.8 Å². The molecule has 1 heterocycles. The standard InChI is InChI=1S/C15H25BN2O3/c1-17-8-10-18(11-9-17)7-3-4-13-12-14(21-2)5-6-15(13)16(19)20/h5-6,12,19-20H,3-4,7-11H2,1-2H3. The molecule has 116 valence electrons. The highest BCUT2D eigenvalue weighted by atomic mass is 16.5. The molecule has 1 saturated heterocycles. The minimum Gasteiger partial charge on any atom is -0.497 e. The van der Waals surface area contributed by atoms with E-state index in [4.69, 9.17) is 4.74 Å². The molecule has 0 bridgehead atoms. The Morgan fingerprint density at radius 2 is 1.90 bits per heavy atom. The Balaban J connectivity index is 1.89. The summed E-state index contributed by atoms with van der Waals surface area (Å²) < 4.78 is 5.22. The number of aryl methyl sites for hydroxylation is 1. The van der Waals surface area contributed by atoms with Gasteiger partial charge < -0.3 is 24.6 Å². The van der Waals surface area contributed by atoms with E-state index in [2.05, 4.69) is 16.8 Å². The van der Waals surface area contributed by atoms with Crippen molar-refractivity contribution in [3.63, 3.8) is 0 Å². The molecule has 5 nitrogen and oxygen atoms in total. The lowest BCUT2D eigenvalue weighted by atomic mass is 9.76. The van der Waals surface area contributed by atoms with Crippen LogP contribution in [-0.4, -0.2) is 73.8 Å². The Labute approximate surface area is 127 Å². The Bertz CT molecular complexity index is 449. The topological polar surface area (TPSA) is 56.2 Å². The first kappa shape index (κ1) is 16.3. The molecule has 1 aliphatic heterocycles. The number of methoxy groups -OCH3 is 1. The quantitative estimate of drug-likeness (QED) is 0.696. The molecule has 0 saturated carbocycles. The maximum atomic E-state index is 9.44. The molecular formula is C15H25BN2O3. The Hall–Kier alpha value is -1.08. The summed E-state index contributed by atoms with van der Waals surface area (Å²) in [7, 11) is 2.36. The summed E-state index contributed by atoms with van der Waals surface area (Å²) in [4.78, 5) is 4.81. The second kappa shape index (κ2) is 7.80. The molecule has 2 rings (SSSR count). The van der Waals surface area contributed by atoms with Gasteiger partial charge in [-0.3, -0.25) is 0 Å². The second-order valence-corrected chi connectivity index (χ2v) is 5.69. The van der Waals surface area contributed by atoms with Crippen molar-refractivity contribution >= 4 is 12.6 Å². The predicted molar refractivity (Wildman–Crippen MR) is 85.1 cm³/mol. The summed E-state index contributed by atoms with van der Waals surface area (Å²) in [6.07, 6.45) is 1.84. The summed E-state index contributed by atoms with van der Waals surface area (Å²) >= 11 is 0. The molecule has 0 spiro atoms. The third-order valence-electron chi connectivity index (χ3n) is 4.14. The fraction of sp³-hybridized carbons (Fsp3) is 0.600. The average Bonchev–Trinajstić information content (AvgIpc) is 2.49. The predicted octanol–water partition coefficient (Wildman–Crippen LogP) is -0.445. The molecule has 0 atom stereocenters. The average molecular weight is 292 g/mol. The molecule has 21 heavy (non-hydrogen) atoms. The van der Waals surface area contributed by atoms with Crippen molar-refractivity contribution in [1.82, 2.24) is 9.80 Å². The van der Waals surface area contributed by atoms with Gasteiger partial charge in [0.2, 0.25) is 0 Å². The van der Waals surface area contributed by atoms with Gasteiger partial charge in [0, 0.05) is 26.2 Å². The van der Waals surface area contributed by atoms with E-state index in [1.807, 2.05) is 6.07 Å². The summed E-state index contributed by atoms with van der Waals surface area (Å²) in [6, 6.07) is 5.40. The first-order valence-electron chi connectivity index (χ1n) is 7.54. The van der Waals surface area contributed by atoms with Gasteiger partial charge in [0.05, 0.1) is 7.11 Å². The minimum absolute atomic E-state index is 0.578. The number of piperazine rings is 1. The summed E-state index contributed by atoms with van der Waals surface area (Å²) in [6.45, 7) is 5.53. The highest BCUT2D eigenvalue weighted by molar-refractivity contribution is 6.59. The van der Waals surface area contributed by atoms with Crippen LogP contribution < -0.4 is 10.2 Å². The van der Waals surface area contributed by atoms with Gasteiger partial charge in [-0.25, -0.2) is 0 Å². The van der Waals surface area contributed by atoms with E-state index in [1.54, 1.807) is 19.2 Å². The van der Waals surface area contributed by atoms with Crippen molar-refractivity contribution in [3.05, 3.63) is 23.8 Å². The number of hydrogen-bond donors (Lipinski definition) is 2. The molecular weight excluding hydrogens is 267 g/mol. The number of benzene rings is 1. The largest absolute Gasteiger partial charge is 0.497 e. The highest BCUT2D eigenvalue weighted by Crippen LogP contribution is 2.13. The minimum atomic E-state index is -1.42. The Kier molecular flexibility index (Phi) is 6.05. The van der Waals surface area contributed by atoms with E-state index in [-0.39, 0.29) is 0 Å². The molecule has 1 aromatic rings. The van der Waals surface area contributed by atoms with Crippen molar-refractivity contribution in [2.24, 2.45) is 0 Å². The number of nitrogens with zero attached hydrogens (tertiary/aromatic N) is 2. The lowest BCUT2D eigenvalue weighted by Gasteiger charge is -2.32. The first-order chi connectivity index (χ1) is 10.1. The van der Waals surface area contributed by atoms with E-state index < -0.39 is 7.12 Å². The second-order valence-electron chi connectivity index (χ2n) is 5.69. The summed E-state index contributed by atoms with van der Waals surface area (Å²) in [5.74, 6) is 0.758. The molecule has 1 fully saturated rings. The van der Waals surface area contributed by atoms with Crippen LogP contribution in [0, 0.1) is 0 Å². The van der Waals surface area contributed by atoms with Crippen LogP contribution in [0.3, 0.4) is 0 Å². The molecule has 0 aliphatic carbocycles. The Morgan fingerprint density at radius 3 is 2.52 bits per heavy atom. The maximum Gasteiger partial charge on any atom is 0.488 e. The SMILES string of the molecule is COc1ccc(B(O)O)c(CCCN2CCN(C)CC2)c1. The number of rotatable bonds is 6. The zero-order chi connectivity index (χ0) is 15.2. The molecule has 0 radical (unpaired) electrons. The van der Waals surface area contributed by atoms with Gasteiger partial charge in [0.1, 0.15) is 5.75 Å². The van der Waals surface area contributed by atoms with Crippen LogP contribution in [0.1, 0.15) is 12.0 Å². The molecule has 0 unspecified atom stereocenters. The van der Waals surface area contributed by atoms with Gasteiger partial charge in [0.15, 0.2) is 0 Å². The van der Waals surface area contributed by atoms with Gasteiger partial charge in [-0.1, -0.05) is 6.07 Å². The molecule has 1 aromatic carbocycles. The van der Waals surface area contributed by atoms with Gasteiger partial charge in [-0.2, -0.15) is 0 Å². The van der Waals surface area contributed by atoms with Crippen molar-refractivity contribution in [3.8, 4) is 5.75 Å². The molecule has 0 aromatic heterocycles. The highest BCUT2D eigenvalue weighted by Gasteiger charge is 2.17. The number of hydrogen-bond acceptors (Lipinski definition) is 5. The van der Waals surface area contributed by atoms with Crippen molar-refractivity contribution in [2.75, 3.05) is 46.9 Å². The normalized spacial score (nSPS) is 17.0. The van der Waals surface area contributed by atoms with Crippen LogP contribution in [0.5, 0.6) is 5.75 Å². The molecule has 1 aliphatic rings. The fourth-order valence-electron chi connectivity index (χ4n) is 2.74. The summed E-state index contributed by atoms with van der Waals surface area (Å²) in [5.41, 5.74) is 1.53. The van der Waals surface area contributed by atoms with Gasteiger partial charge in [0.25, 0.3) is 0 Å². The smallest absolute Gasteiger partial charge is 0.488 e. The van der Waals surface area contributed by atoms with E-state index >= 15 is 0 Å². The fourth-order valence-corrected chi connectivity index (χ4v) is 2.74. The monoisotopic (exact) mass is 292 g/mol. The van der Waals surface area contributed by atoms with Gasteiger partial charge in [-0.05, 0) is 49.6 Å². The van der Waals surface area contributed by atoms with E-state index in [1.165, 1.54) is 0 Å².